The number of benzene rings is 2. The first-order valence-electron chi connectivity index (χ1n) is 10.2. The summed E-state index contributed by atoms with van der Waals surface area (Å²) in [4.78, 5) is 0. The average Bonchev–Trinajstić information content (AvgIpc) is 3.48. The van der Waals surface area contributed by atoms with E-state index in [-0.39, 0.29) is 12.6 Å². The minimum Gasteiger partial charge on any atom is -0.383 e. The number of aliphatic hydroxyl groups excluding tert-OH is 1. The van der Waals surface area contributed by atoms with E-state index in [9.17, 15) is 18.3 Å². The predicted octanol–water partition coefficient (Wildman–Crippen LogP) is 6.03. The van der Waals surface area contributed by atoms with Gasteiger partial charge in [0.25, 0.3) is 0 Å². The Balaban J connectivity index is 2.03. The zero-order chi connectivity index (χ0) is 21.5. The smallest absolute Gasteiger partial charge is 0.383 e. The molecule has 0 amide bonds. The van der Waals surface area contributed by atoms with Crippen LogP contribution in [0.2, 0.25) is 0 Å². The van der Waals surface area contributed by atoms with Gasteiger partial charge in [0.1, 0.15) is 6.73 Å². The van der Waals surface area contributed by atoms with Crippen LogP contribution in [0.25, 0.3) is 22.2 Å². The summed E-state index contributed by atoms with van der Waals surface area (Å²) >= 11 is 0. The molecule has 1 aliphatic rings. The Morgan fingerprint density at radius 1 is 1.13 bits per heavy atom. The minimum atomic E-state index is -4.69. The Kier molecular flexibility index (Phi) is 5.64. The fraction of sp³-hybridized carbons (Fsp3) is 0.417. The van der Waals surface area contributed by atoms with E-state index in [0.29, 0.717) is 17.7 Å². The first-order valence-corrected chi connectivity index (χ1v) is 10.2. The Labute approximate surface area is 174 Å². The Morgan fingerprint density at radius 2 is 1.83 bits per heavy atom. The molecule has 1 aromatic heterocycles. The lowest BCUT2D eigenvalue weighted by Crippen LogP contribution is -2.35. The van der Waals surface area contributed by atoms with Crippen LogP contribution in [-0.2, 0) is 11.5 Å². The number of nitrogens with zero attached hydrogens (tertiary/aromatic N) is 1. The first kappa shape index (κ1) is 20.9. The number of hydrogen-bond acceptors (Lipinski definition) is 2. The third-order valence-electron chi connectivity index (χ3n) is 5.94. The van der Waals surface area contributed by atoms with Crippen molar-refractivity contribution in [3.8, 4) is 11.3 Å². The maximum absolute atomic E-state index is 13.7. The van der Waals surface area contributed by atoms with Gasteiger partial charge in [0.2, 0.25) is 0 Å². The molecular formula is C24H26F3NO2. The molecular weight excluding hydrogens is 391 g/mol. The molecule has 2 unspecified atom stereocenters. The van der Waals surface area contributed by atoms with Crippen molar-refractivity contribution in [2.75, 3.05) is 7.11 Å². The summed E-state index contributed by atoms with van der Waals surface area (Å²) in [6.07, 6.45) is -4.95. The summed E-state index contributed by atoms with van der Waals surface area (Å²) in [7, 11) is 1.57. The van der Waals surface area contributed by atoms with Crippen molar-refractivity contribution in [3.63, 3.8) is 0 Å². The van der Waals surface area contributed by atoms with E-state index in [4.69, 9.17) is 4.74 Å². The summed E-state index contributed by atoms with van der Waals surface area (Å²) in [6, 6.07) is 15.2. The van der Waals surface area contributed by atoms with Gasteiger partial charge >= 0.3 is 6.18 Å². The number of aromatic nitrogens is 1. The largest absolute Gasteiger partial charge is 0.414 e. The van der Waals surface area contributed by atoms with Gasteiger partial charge in [-0.05, 0) is 42.0 Å². The highest BCUT2D eigenvalue weighted by atomic mass is 19.4. The highest BCUT2D eigenvalue weighted by Gasteiger charge is 2.47. The number of fused-ring (bicyclic) bond motifs is 1. The number of rotatable bonds is 7. The minimum absolute atomic E-state index is 0.211. The lowest BCUT2D eigenvalue weighted by Gasteiger charge is -2.26. The van der Waals surface area contributed by atoms with Crippen molar-refractivity contribution in [1.29, 1.82) is 0 Å². The standard InChI is InChI=1S/C24H26F3NO2/c1-15-8-11-18-20(12-15)28(14-30-2)22(17-6-4-3-5-7-17)21(18)19(13-16-9-10-16)23(29)24(25,26)27/h3-8,11-12,16,19,23,29H,9-10,13-14H2,1-2H3. The molecule has 1 aliphatic carbocycles. The van der Waals surface area contributed by atoms with Crippen LogP contribution in [0.3, 0.4) is 0 Å². The van der Waals surface area contributed by atoms with Gasteiger partial charge in [0.05, 0.1) is 11.2 Å². The SMILES string of the molecule is COCn1c(-c2ccccc2)c(C(CC2CC2)C(O)C(F)(F)F)c2ccc(C)cc21. The molecule has 3 nitrogen and oxygen atoms in total. The van der Waals surface area contributed by atoms with Gasteiger partial charge < -0.3 is 14.4 Å². The summed E-state index contributed by atoms with van der Waals surface area (Å²) in [5.74, 6) is -0.807. The molecule has 30 heavy (non-hydrogen) atoms. The molecule has 6 heteroatoms. The number of ether oxygens (including phenoxy) is 1. The van der Waals surface area contributed by atoms with Crippen LogP contribution < -0.4 is 0 Å². The molecule has 0 aliphatic heterocycles. The fourth-order valence-electron chi connectivity index (χ4n) is 4.38. The topological polar surface area (TPSA) is 34.4 Å². The van der Waals surface area contributed by atoms with E-state index in [1.165, 1.54) is 0 Å². The lowest BCUT2D eigenvalue weighted by molar-refractivity contribution is -0.211. The number of aliphatic hydroxyl groups is 1. The molecule has 0 saturated heterocycles. The van der Waals surface area contributed by atoms with E-state index in [2.05, 4.69) is 0 Å². The highest BCUT2D eigenvalue weighted by Crippen LogP contribution is 2.48. The first-order chi connectivity index (χ1) is 14.3. The third kappa shape index (κ3) is 3.98. The Morgan fingerprint density at radius 3 is 2.43 bits per heavy atom. The van der Waals surface area contributed by atoms with Crippen molar-refractivity contribution in [3.05, 3.63) is 59.7 Å². The second kappa shape index (κ2) is 8.08. The summed E-state index contributed by atoms with van der Waals surface area (Å²) in [6.45, 7) is 2.17. The van der Waals surface area contributed by atoms with Crippen LogP contribution in [0.1, 0.15) is 36.3 Å². The van der Waals surface area contributed by atoms with Crippen molar-refractivity contribution in [2.24, 2.45) is 5.92 Å². The predicted molar refractivity (Wildman–Crippen MR) is 111 cm³/mol. The number of alkyl halides is 3. The van der Waals surface area contributed by atoms with Crippen LogP contribution in [0.5, 0.6) is 0 Å². The normalized spacial score (nSPS) is 16.7. The van der Waals surface area contributed by atoms with Crippen LogP contribution >= 0.6 is 0 Å². The molecule has 1 saturated carbocycles. The van der Waals surface area contributed by atoms with Crippen LogP contribution in [-0.4, -0.2) is 29.1 Å². The molecule has 2 aromatic carbocycles. The molecule has 1 fully saturated rings. The van der Waals surface area contributed by atoms with Crippen molar-refractivity contribution >= 4 is 10.9 Å². The van der Waals surface area contributed by atoms with E-state index in [1.807, 2.05) is 60.0 Å². The average molecular weight is 417 g/mol. The number of halogens is 3. The summed E-state index contributed by atoms with van der Waals surface area (Å²) in [5.41, 5.74) is 3.89. The second-order valence-corrected chi connectivity index (χ2v) is 8.27. The highest BCUT2D eigenvalue weighted by molar-refractivity contribution is 5.93. The van der Waals surface area contributed by atoms with Gasteiger partial charge in [0.15, 0.2) is 6.10 Å². The van der Waals surface area contributed by atoms with Crippen molar-refractivity contribution in [1.82, 2.24) is 4.57 Å². The zero-order valence-corrected chi connectivity index (χ0v) is 17.1. The summed E-state index contributed by atoms with van der Waals surface area (Å²) in [5, 5.41) is 11.2. The third-order valence-corrected chi connectivity index (χ3v) is 5.94. The Bertz CT molecular complexity index is 1020. The van der Waals surface area contributed by atoms with Gasteiger partial charge in [-0.2, -0.15) is 13.2 Å². The van der Waals surface area contributed by atoms with E-state index < -0.39 is 18.2 Å². The fourth-order valence-corrected chi connectivity index (χ4v) is 4.38. The molecule has 160 valence electrons. The molecule has 0 radical (unpaired) electrons. The number of aryl methyl sites for hydroxylation is 1. The second-order valence-electron chi connectivity index (χ2n) is 8.27. The van der Waals surface area contributed by atoms with Crippen molar-refractivity contribution < 1.29 is 23.0 Å². The molecule has 2 atom stereocenters. The van der Waals surface area contributed by atoms with Crippen molar-refractivity contribution in [2.45, 2.75) is 51.1 Å². The van der Waals surface area contributed by atoms with Crippen LogP contribution in [0.4, 0.5) is 13.2 Å². The van der Waals surface area contributed by atoms with Crippen LogP contribution in [0, 0.1) is 12.8 Å². The number of methoxy groups -OCH3 is 1. The molecule has 1 heterocycles. The number of hydrogen-bond donors (Lipinski definition) is 1. The van der Waals surface area contributed by atoms with E-state index in [1.54, 1.807) is 7.11 Å². The van der Waals surface area contributed by atoms with Gasteiger partial charge in [-0.15, -0.1) is 0 Å². The van der Waals surface area contributed by atoms with Gasteiger partial charge in [-0.25, -0.2) is 0 Å². The lowest BCUT2D eigenvalue weighted by atomic mass is 9.84. The monoisotopic (exact) mass is 417 g/mol. The van der Waals surface area contributed by atoms with E-state index >= 15 is 0 Å². The zero-order valence-electron chi connectivity index (χ0n) is 17.1. The Hall–Kier alpha value is -2.31. The quantitative estimate of drug-likeness (QED) is 0.510. The molecule has 3 aromatic rings. The molecule has 4 rings (SSSR count). The van der Waals surface area contributed by atoms with Gasteiger partial charge in [-0.3, -0.25) is 0 Å². The van der Waals surface area contributed by atoms with E-state index in [0.717, 1.165) is 34.9 Å². The maximum Gasteiger partial charge on any atom is 0.414 e. The van der Waals surface area contributed by atoms with Gasteiger partial charge in [0, 0.05) is 18.4 Å². The maximum atomic E-state index is 13.7. The molecule has 0 spiro atoms. The summed E-state index contributed by atoms with van der Waals surface area (Å²) < 4.78 is 48.5. The molecule has 0 bridgehead atoms. The molecule has 1 N–H and O–H groups in total. The van der Waals surface area contributed by atoms with Crippen LogP contribution in [0.15, 0.2) is 48.5 Å². The van der Waals surface area contributed by atoms with Gasteiger partial charge in [-0.1, -0.05) is 55.3 Å².